The number of nitrogens with two attached hydrogens (primary N) is 1. The van der Waals surface area contributed by atoms with Gasteiger partial charge in [-0.25, -0.2) is 12.8 Å². The van der Waals surface area contributed by atoms with Crippen LogP contribution in [0.5, 0.6) is 0 Å². The smallest absolute Gasteiger partial charge is 0.156 e. The molecule has 0 heterocycles. The third kappa shape index (κ3) is 2.80. The molecule has 0 saturated heterocycles. The maximum absolute atomic E-state index is 13.7. The number of rotatable bonds is 4. The van der Waals surface area contributed by atoms with E-state index in [1.807, 2.05) is 0 Å². The van der Waals surface area contributed by atoms with Crippen molar-refractivity contribution < 1.29 is 12.8 Å². The molecule has 1 rings (SSSR count). The monoisotopic (exact) mass is 245 g/mol. The van der Waals surface area contributed by atoms with Crippen LogP contribution >= 0.6 is 0 Å². The normalized spacial score (nSPS) is 12.1. The number of benzene rings is 1. The minimum Gasteiger partial charge on any atom is -0.326 e. The van der Waals surface area contributed by atoms with E-state index in [4.69, 9.17) is 5.73 Å². The van der Waals surface area contributed by atoms with Crippen molar-refractivity contribution in [2.45, 2.75) is 31.4 Å². The number of sulfone groups is 1. The van der Waals surface area contributed by atoms with Crippen molar-refractivity contribution >= 4 is 9.84 Å². The number of halogens is 1. The quantitative estimate of drug-likeness (QED) is 0.876. The molecule has 2 N–H and O–H groups in total. The maximum Gasteiger partial charge on any atom is 0.156 e. The summed E-state index contributed by atoms with van der Waals surface area (Å²) < 4.78 is 37.0. The Bertz CT molecular complexity index is 469. The second kappa shape index (κ2) is 4.93. The molecule has 0 fully saturated rings. The summed E-state index contributed by atoms with van der Waals surface area (Å²) in [5, 5.41) is -0.506. The zero-order valence-electron chi connectivity index (χ0n) is 9.40. The lowest BCUT2D eigenvalue weighted by Crippen LogP contribution is -2.17. The summed E-state index contributed by atoms with van der Waals surface area (Å²) in [6, 6.07) is 4.66. The van der Waals surface area contributed by atoms with Crippen molar-refractivity contribution in [3.8, 4) is 0 Å². The topological polar surface area (TPSA) is 60.2 Å². The summed E-state index contributed by atoms with van der Waals surface area (Å²) in [5.74, 6) is -0.779. The average molecular weight is 245 g/mol. The Balaban J connectivity index is 3.08. The van der Waals surface area contributed by atoms with Gasteiger partial charge in [-0.3, -0.25) is 0 Å². The Morgan fingerprint density at radius 2 is 1.88 bits per heavy atom. The van der Waals surface area contributed by atoms with Gasteiger partial charge >= 0.3 is 0 Å². The van der Waals surface area contributed by atoms with Crippen LogP contribution in [0, 0.1) is 5.82 Å². The van der Waals surface area contributed by atoms with Crippen LogP contribution in [0.1, 0.15) is 25.0 Å². The fourth-order valence-corrected chi connectivity index (χ4v) is 2.28. The lowest BCUT2D eigenvalue weighted by atomic mass is 10.1. The second-order valence-electron chi connectivity index (χ2n) is 3.95. The maximum atomic E-state index is 13.7. The van der Waals surface area contributed by atoms with Crippen LogP contribution < -0.4 is 5.73 Å². The molecule has 90 valence electrons. The summed E-state index contributed by atoms with van der Waals surface area (Å²) >= 11 is 0. The molecule has 16 heavy (non-hydrogen) atoms. The first-order chi connectivity index (χ1) is 7.38. The highest BCUT2D eigenvalue weighted by Gasteiger charge is 2.19. The fraction of sp³-hybridized carbons (Fsp3) is 0.455. The third-order valence-corrected chi connectivity index (χ3v) is 4.60. The zero-order chi connectivity index (χ0) is 12.3. The SMILES string of the molecule is CC(C)S(=O)(=O)Cc1cccc(CN)c1F. The van der Waals surface area contributed by atoms with Gasteiger partial charge in [0.2, 0.25) is 0 Å². The molecule has 0 aliphatic heterocycles. The first-order valence-electron chi connectivity index (χ1n) is 5.06. The van der Waals surface area contributed by atoms with Gasteiger partial charge in [0.15, 0.2) is 9.84 Å². The first-order valence-corrected chi connectivity index (χ1v) is 6.78. The molecule has 0 unspecified atom stereocenters. The van der Waals surface area contributed by atoms with Crippen LogP contribution in [0.4, 0.5) is 4.39 Å². The van der Waals surface area contributed by atoms with E-state index in [-0.39, 0.29) is 17.9 Å². The lowest BCUT2D eigenvalue weighted by molar-refractivity contribution is 0.576. The lowest BCUT2D eigenvalue weighted by Gasteiger charge is -2.10. The Kier molecular flexibility index (Phi) is 4.04. The number of hydrogen-bond donors (Lipinski definition) is 1. The Hall–Kier alpha value is -0.940. The summed E-state index contributed by atoms with van der Waals surface area (Å²) in [7, 11) is -3.28. The molecule has 0 radical (unpaired) electrons. The van der Waals surface area contributed by atoms with Gasteiger partial charge in [-0.2, -0.15) is 0 Å². The predicted molar refractivity (Wildman–Crippen MR) is 62.1 cm³/mol. The molecule has 1 aromatic rings. The molecule has 0 saturated carbocycles. The van der Waals surface area contributed by atoms with Crippen LogP contribution in [-0.4, -0.2) is 13.7 Å². The van der Waals surface area contributed by atoms with Crippen molar-refractivity contribution in [2.75, 3.05) is 0 Å². The van der Waals surface area contributed by atoms with E-state index in [0.29, 0.717) is 5.56 Å². The molecule has 0 atom stereocenters. The van der Waals surface area contributed by atoms with Gasteiger partial charge in [0, 0.05) is 17.7 Å². The van der Waals surface area contributed by atoms with Crippen molar-refractivity contribution in [3.63, 3.8) is 0 Å². The van der Waals surface area contributed by atoms with Crippen molar-refractivity contribution in [3.05, 3.63) is 35.1 Å². The van der Waals surface area contributed by atoms with Crippen LogP contribution in [0.25, 0.3) is 0 Å². The largest absolute Gasteiger partial charge is 0.326 e. The van der Waals surface area contributed by atoms with E-state index >= 15 is 0 Å². The van der Waals surface area contributed by atoms with Crippen LogP contribution in [0.3, 0.4) is 0 Å². The highest BCUT2D eigenvalue weighted by atomic mass is 32.2. The highest BCUT2D eigenvalue weighted by Crippen LogP contribution is 2.17. The Labute approximate surface area is 95.4 Å². The molecule has 0 bridgehead atoms. The summed E-state index contributed by atoms with van der Waals surface area (Å²) in [6.07, 6.45) is 0. The van der Waals surface area contributed by atoms with Crippen LogP contribution in [0.15, 0.2) is 18.2 Å². The minimum atomic E-state index is -3.28. The Morgan fingerprint density at radius 3 is 2.38 bits per heavy atom. The molecule has 3 nitrogen and oxygen atoms in total. The standard InChI is InChI=1S/C11H16FNO2S/c1-8(2)16(14,15)7-10-5-3-4-9(6-13)11(10)12/h3-5,8H,6-7,13H2,1-2H3. The summed E-state index contributed by atoms with van der Waals surface area (Å²) in [5.41, 5.74) is 5.89. The van der Waals surface area contributed by atoms with E-state index in [0.717, 1.165) is 0 Å². The third-order valence-electron chi connectivity index (χ3n) is 2.45. The average Bonchev–Trinajstić information content (AvgIpc) is 2.20. The molecule has 0 aliphatic rings. The van der Waals surface area contributed by atoms with Gasteiger partial charge in [-0.1, -0.05) is 18.2 Å². The molecule has 0 aromatic heterocycles. The Morgan fingerprint density at radius 1 is 1.31 bits per heavy atom. The van der Waals surface area contributed by atoms with Crippen molar-refractivity contribution in [1.29, 1.82) is 0 Å². The molecule has 0 amide bonds. The second-order valence-corrected chi connectivity index (χ2v) is 6.51. The van der Waals surface area contributed by atoms with E-state index < -0.39 is 20.9 Å². The molecule has 0 aliphatic carbocycles. The van der Waals surface area contributed by atoms with Gasteiger partial charge in [0.1, 0.15) is 5.82 Å². The zero-order valence-corrected chi connectivity index (χ0v) is 10.2. The van der Waals surface area contributed by atoms with Gasteiger partial charge in [-0.05, 0) is 13.8 Å². The molecule has 0 spiro atoms. The first kappa shape index (κ1) is 13.1. The number of hydrogen-bond acceptors (Lipinski definition) is 3. The van der Waals surface area contributed by atoms with Crippen LogP contribution in [0.2, 0.25) is 0 Å². The molecule has 1 aromatic carbocycles. The molecular weight excluding hydrogens is 229 g/mol. The van der Waals surface area contributed by atoms with Gasteiger partial charge in [0.25, 0.3) is 0 Å². The molecule has 5 heteroatoms. The predicted octanol–water partition coefficient (Wildman–Crippen LogP) is 1.61. The van der Waals surface area contributed by atoms with Crippen molar-refractivity contribution in [2.24, 2.45) is 5.73 Å². The summed E-state index contributed by atoms with van der Waals surface area (Å²) in [4.78, 5) is 0. The van der Waals surface area contributed by atoms with Crippen molar-refractivity contribution in [1.82, 2.24) is 0 Å². The van der Waals surface area contributed by atoms with E-state index in [1.54, 1.807) is 26.0 Å². The van der Waals surface area contributed by atoms with Gasteiger partial charge in [0.05, 0.1) is 11.0 Å². The minimum absolute atomic E-state index is 0.0708. The van der Waals surface area contributed by atoms with Gasteiger partial charge < -0.3 is 5.73 Å². The van der Waals surface area contributed by atoms with E-state index in [1.165, 1.54) is 6.07 Å². The van der Waals surface area contributed by atoms with E-state index in [9.17, 15) is 12.8 Å². The molecular formula is C11H16FNO2S. The fourth-order valence-electron chi connectivity index (χ4n) is 1.29. The van der Waals surface area contributed by atoms with Crippen LogP contribution in [-0.2, 0) is 22.1 Å². The highest BCUT2D eigenvalue weighted by molar-refractivity contribution is 7.91. The van der Waals surface area contributed by atoms with E-state index in [2.05, 4.69) is 0 Å². The van der Waals surface area contributed by atoms with Gasteiger partial charge in [-0.15, -0.1) is 0 Å². The summed E-state index contributed by atoms with van der Waals surface area (Å²) in [6.45, 7) is 3.24.